The molecule has 1 heterocycles. The molecule has 19 heavy (non-hydrogen) atoms. The van der Waals surface area contributed by atoms with Gasteiger partial charge in [-0.2, -0.15) is 0 Å². The van der Waals surface area contributed by atoms with Gasteiger partial charge in [0.1, 0.15) is 0 Å². The molecule has 0 saturated carbocycles. The summed E-state index contributed by atoms with van der Waals surface area (Å²) in [4.78, 5) is 9.53. The van der Waals surface area contributed by atoms with Crippen LogP contribution in [0.15, 0.2) is 52.8 Å². The van der Waals surface area contributed by atoms with Crippen LogP contribution in [-0.2, 0) is 11.3 Å². The summed E-state index contributed by atoms with van der Waals surface area (Å²) in [7, 11) is 1.71. The fourth-order valence-corrected chi connectivity index (χ4v) is 2.24. The van der Waals surface area contributed by atoms with E-state index in [1.807, 2.05) is 6.07 Å². The third-order valence-electron chi connectivity index (χ3n) is 2.49. The number of nitrogens with zero attached hydrogens (tertiary/aromatic N) is 2. The van der Waals surface area contributed by atoms with E-state index in [1.165, 1.54) is 5.56 Å². The van der Waals surface area contributed by atoms with Crippen LogP contribution in [0, 0.1) is 0 Å². The van der Waals surface area contributed by atoms with Crippen LogP contribution >= 0.6 is 11.8 Å². The van der Waals surface area contributed by atoms with Crippen molar-refractivity contribution in [2.45, 2.75) is 16.6 Å². The zero-order valence-corrected chi connectivity index (χ0v) is 11.7. The molecule has 1 aromatic heterocycles. The van der Waals surface area contributed by atoms with E-state index in [0.717, 1.165) is 29.7 Å². The van der Waals surface area contributed by atoms with Gasteiger partial charge in [0, 0.05) is 37.5 Å². The van der Waals surface area contributed by atoms with Crippen LogP contribution in [0.5, 0.6) is 0 Å². The second-order valence-electron chi connectivity index (χ2n) is 3.95. The van der Waals surface area contributed by atoms with E-state index < -0.39 is 0 Å². The molecule has 0 radical (unpaired) electrons. The lowest BCUT2D eigenvalue weighted by Crippen LogP contribution is -2.18. The van der Waals surface area contributed by atoms with Crippen LogP contribution < -0.4 is 5.32 Å². The van der Waals surface area contributed by atoms with Gasteiger partial charge in [-0.15, -0.1) is 0 Å². The Labute approximate surface area is 117 Å². The third kappa shape index (κ3) is 4.98. The number of hydrogen-bond acceptors (Lipinski definition) is 5. The zero-order valence-electron chi connectivity index (χ0n) is 10.9. The molecular formula is C14H17N3OS. The molecule has 2 rings (SSSR count). The highest BCUT2D eigenvalue weighted by atomic mass is 32.2. The molecule has 0 fully saturated rings. The number of methoxy groups -OCH3 is 1. The average Bonchev–Trinajstić information content (AvgIpc) is 2.46. The number of nitrogens with one attached hydrogen (secondary N) is 1. The molecule has 5 heteroatoms. The Morgan fingerprint density at radius 2 is 1.89 bits per heavy atom. The molecule has 2 aromatic rings. The molecule has 0 amide bonds. The van der Waals surface area contributed by atoms with Gasteiger partial charge in [-0.1, -0.05) is 12.1 Å². The average molecular weight is 275 g/mol. The first kappa shape index (κ1) is 14.0. The molecule has 0 bridgehead atoms. The smallest absolute Gasteiger partial charge is 0.192 e. The van der Waals surface area contributed by atoms with Crippen molar-refractivity contribution in [2.75, 3.05) is 20.3 Å². The van der Waals surface area contributed by atoms with Gasteiger partial charge in [0.05, 0.1) is 6.61 Å². The van der Waals surface area contributed by atoms with Crippen LogP contribution in [0.1, 0.15) is 5.56 Å². The first-order chi connectivity index (χ1) is 9.38. The summed E-state index contributed by atoms with van der Waals surface area (Å²) in [6, 6.07) is 10.2. The van der Waals surface area contributed by atoms with Crippen molar-refractivity contribution in [3.63, 3.8) is 0 Å². The fourth-order valence-electron chi connectivity index (χ4n) is 1.53. The molecule has 0 aliphatic rings. The van der Waals surface area contributed by atoms with Crippen molar-refractivity contribution in [3.05, 3.63) is 48.3 Å². The summed E-state index contributed by atoms with van der Waals surface area (Å²) < 4.78 is 4.99. The molecule has 0 aliphatic carbocycles. The van der Waals surface area contributed by atoms with E-state index in [2.05, 4.69) is 39.6 Å². The molecular weight excluding hydrogens is 258 g/mol. The predicted molar refractivity (Wildman–Crippen MR) is 76.2 cm³/mol. The van der Waals surface area contributed by atoms with Crippen LogP contribution in [0.25, 0.3) is 0 Å². The summed E-state index contributed by atoms with van der Waals surface area (Å²) >= 11 is 1.57. The third-order valence-corrected chi connectivity index (χ3v) is 3.39. The Balaban J connectivity index is 1.84. The van der Waals surface area contributed by atoms with Gasteiger partial charge < -0.3 is 10.1 Å². The van der Waals surface area contributed by atoms with E-state index in [4.69, 9.17) is 4.74 Å². The first-order valence-corrected chi connectivity index (χ1v) is 6.93. The summed E-state index contributed by atoms with van der Waals surface area (Å²) in [5.41, 5.74) is 1.26. The number of rotatable bonds is 7. The van der Waals surface area contributed by atoms with Crippen molar-refractivity contribution >= 4 is 11.8 Å². The molecule has 1 aromatic carbocycles. The van der Waals surface area contributed by atoms with Gasteiger partial charge in [-0.25, -0.2) is 9.97 Å². The van der Waals surface area contributed by atoms with Crippen LogP contribution in [0.2, 0.25) is 0 Å². The summed E-state index contributed by atoms with van der Waals surface area (Å²) in [6.07, 6.45) is 3.51. The Hall–Kier alpha value is -1.43. The van der Waals surface area contributed by atoms with E-state index in [0.29, 0.717) is 0 Å². The molecule has 100 valence electrons. The zero-order chi connectivity index (χ0) is 13.3. The van der Waals surface area contributed by atoms with Gasteiger partial charge >= 0.3 is 0 Å². The predicted octanol–water partition coefficient (Wildman–Crippen LogP) is 2.36. The molecule has 0 atom stereocenters. The van der Waals surface area contributed by atoms with E-state index in [9.17, 15) is 0 Å². The van der Waals surface area contributed by atoms with Gasteiger partial charge in [0.2, 0.25) is 0 Å². The van der Waals surface area contributed by atoms with Crippen molar-refractivity contribution in [1.29, 1.82) is 0 Å². The fraction of sp³-hybridized carbons (Fsp3) is 0.286. The Morgan fingerprint density at radius 1 is 1.16 bits per heavy atom. The standard InChI is InChI=1S/C14H17N3OS/c1-18-10-9-15-11-12-3-5-13(6-4-12)19-14-16-7-2-8-17-14/h2-8,15H,9-11H2,1H3. The quantitative estimate of drug-likeness (QED) is 0.621. The maximum Gasteiger partial charge on any atom is 0.192 e. The van der Waals surface area contributed by atoms with Gasteiger partial charge in [-0.3, -0.25) is 0 Å². The number of hydrogen-bond donors (Lipinski definition) is 1. The van der Waals surface area contributed by atoms with E-state index in [1.54, 1.807) is 31.3 Å². The highest BCUT2D eigenvalue weighted by molar-refractivity contribution is 7.99. The second kappa shape index (κ2) is 7.89. The molecule has 1 N–H and O–H groups in total. The number of aromatic nitrogens is 2. The largest absolute Gasteiger partial charge is 0.383 e. The lowest BCUT2D eigenvalue weighted by Gasteiger charge is -2.05. The minimum atomic E-state index is 0.735. The highest BCUT2D eigenvalue weighted by Gasteiger charge is 1.99. The monoisotopic (exact) mass is 275 g/mol. The minimum Gasteiger partial charge on any atom is -0.383 e. The highest BCUT2D eigenvalue weighted by Crippen LogP contribution is 2.23. The lowest BCUT2D eigenvalue weighted by atomic mass is 10.2. The van der Waals surface area contributed by atoms with Crippen LogP contribution in [0.4, 0.5) is 0 Å². The van der Waals surface area contributed by atoms with Crippen molar-refractivity contribution < 1.29 is 4.74 Å². The van der Waals surface area contributed by atoms with E-state index in [-0.39, 0.29) is 0 Å². The number of ether oxygens (including phenoxy) is 1. The van der Waals surface area contributed by atoms with Gasteiger partial charge in [-0.05, 0) is 35.5 Å². The molecule has 0 saturated heterocycles. The van der Waals surface area contributed by atoms with Gasteiger partial charge in [0.15, 0.2) is 5.16 Å². The van der Waals surface area contributed by atoms with Crippen molar-refractivity contribution in [2.24, 2.45) is 0 Å². The Morgan fingerprint density at radius 3 is 2.58 bits per heavy atom. The molecule has 0 spiro atoms. The summed E-state index contributed by atoms with van der Waals surface area (Å²) in [5.74, 6) is 0. The summed E-state index contributed by atoms with van der Waals surface area (Å²) in [5, 5.41) is 4.09. The molecule has 4 nitrogen and oxygen atoms in total. The summed E-state index contributed by atoms with van der Waals surface area (Å²) in [6.45, 7) is 2.46. The maximum atomic E-state index is 4.99. The SMILES string of the molecule is COCCNCc1ccc(Sc2ncccn2)cc1. The van der Waals surface area contributed by atoms with Crippen LogP contribution in [-0.4, -0.2) is 30.2 Å². The van der Waals surface area contributed by atoms with Crippen molar-refractivity contribution in [1.82, 2.24) is 15.3 Å². The topological polar surface area (TPSA) is 47.0 Å². The van der Waals surface area contributed by atoms with Crippen molar-refractivity contribution in [3.8, 4) is 0 Å². The lowest BCUT2D eigenvalue weighted by molar-refractivity contribution is 0.199. The minimum absolute atomic E-state index is 0.735. The second-order valence-corrected chi connectivity index (χ2v) is 4.99. The first-order valence-electron chi connectivity index (χ1n) is 6.12. The van der Waals surface area contributed by atoms with Gasteiger partial charge in [0.25, 0.3) is 0 Å². The van der Waals surface area contributed by atoms with Crippen LogP contribution in [0.3, 0.4) is 0 Å². The van der Waals surface area contributed by atoms with E-state index >= 15 is 0 Å². The molecule has 0 aliphatic heterocycles. The molecule has 0 unspecified atom stereocenters. The maximum absolute atomic E-state index is 4.99. The Bertz CT molecular complexity index is 476. The Kier molecular flexibility index (Phi) is 5.81. The number of benzene rings is 1. The normalized spacial score (nSPS) is 10.6.